The molecule has 0 saturated heterocycles. The molecule has 4 N–H and O–H groups in total. The summed E-state index contributed by atoms with van der Waals surface area (Å²) in [4.78, 5) is 0. The fourth-order valence-electron chi connectivity index (χ4n) is 1.78. The van der Waals surface area contributed by atoms with Crippen LogP contribution in [0.25, 0.3) is 0 Å². The fourth-order valence-corrected chi connectivity index (χ4v) is 3.70. The van der Waals surface area contributed by atoms with Crippen LogP contribution in [0.1, 0.15) is 19.3 Å². The molecule has 0 aliphatic heterocycles. The van der Waals surface area contributed by atoms with Gasteiger partial charge in [0.05, 0.1) is 0 Å². The van der Waals surface area contributed by atoms with Crippen LogP contribution in [-0.2, 0) is 13.3 Å². The molecule has 0 aliphatic carbocycles. The second-order valence-electron chi connectivity index (χ2n) is 4.10. The van der Waals surface area contributed by atoms with E-state index >= 15 is 0 Å². The molecule has 0 atom stereocenters. The predicted molar refractivity (Wildman–Crippen MR) is 66.5 cm³/mol. The Balaban J connectivity index is 4.45. The lowest BCUT2D eigenvalue weighted by Gasteiger charge is -2.32. The molecule has 0 heterocycles. The molecule has 0 rings (SSSR count). The van der Waals surface area contributed by atoms with Gasteiger partial charge in [0.1, 0.15) is 0 Å². The Labute approximate surface area is 104 Å². The highest BCUT2D eigenvalue weighted by Gasteiger charge is 2.40. The minimum Gasteiger partial charge on any atom is -0.396 e. The van der Waals surface area contributed by atoms with Crippen LogP contribution in [-0.4, -0.2) is 59.1 Å². The molecule has 7 heteroatoms. The highest BCUT2D eigenvalue weighted by Crippen LogP contribution is 2.24. The molecule has 0 amide bonds. The number of aliphatic hydroxyl groups is 2. The van der Waals surface area contributed by atoms with Gasteiger partial charge in [0.25, 0.3) is 0 Å². The van der Waals surface area contributed by atoms with E-state index in [0.29, 0.717) is 25.3 Å². The lowest BCUT2D eigenvalue weighted by molar-refractivity contribution is 0.116. The summed E-state index contributed by atoms with van der Waals surface area (Å²) in [6, 6.07) is 0.563. The van der Waals surface area contributed by atoms with E-state index in [-0.39, 0.29) is 13.2 Å². The molecule has 0 unspecified atom stereocenters. The van der Waals surface area contributed by atoms with Gasteiger partial charge in [-0.2, -0.15) is 0 Å². The third kappa shape index (κ3) is 5.43. The van der Waals surface area contributed by atoms with E-state index in [2.05, 4.69) is 0 Å². The summed E-state index contributed by atoms with van der Waals surface area (Å²) in [6.07, 6.45) is 1.46. The average molecular weight is 267 g/mol. The van der Waals surface area contributed by atoms with Gasteiger partial charge in [-0.15, -0.1) is 0 Å². The maximum atomic E-state index is 8.99. The smallest absolute Gasteiger partial charge is 0.396 e. The van der Waals surface area contributed by atoms with E-state index in [9.17, 15) is 0 Å². The molecule has 17 heavy (non-hydrogen) atoms. The van der Waals surface area contributed by atoms with Gasteiger partial charge in [0.2, 0.25) is 0 Å². The minimum absolute atomic E-state index is 0.00198. The Hall–Kier alpha value is -0.0231. The van der Waals surface area contributed by atoms with Crippen molar-refractivity contribution in [1.82, 2.24) is 0 Å². The zero-order chi connectivity index (χ0) is 13.4. The normalized spacial score (nSPS) is 13.1. The first-order valence-electron chi connectivity index (χ1n) is 5.67. The van der Waals surface area contributed by atoms with Crippen LogP contribution in [0.5, 0.6) is 0 Å². The van der Waals surface area contributed by atoms with Crippen molar-refractivity contribution in [2.75, 3.05) is 34.5 Å². The molecule has 0 aromatic heterocycles. The average Bonchev–Trinajstić information content (AvgIpc) is 2.32. The predicted octanol–water partition coefficient (Wildman–Crippen LogP) is -0.283. The molecular weight excluding hydrogens is 242 g/mol. The van der Waals surface area contributed by atoms with Crippen molar-refractivity contribution < 1.29 is 23.5 Å². The Morgan fingerprint density at radius 2 is 1.35 bits per heavy atom. The summed E-state index contributed by atoms with van der Waals surface area (Å²) in [6.45, 7) is -0.00396. The maximum Gasteiger partial charge on any atom is 0.500 e. The van der Waals surface area contributed by atoms with E-state index in [0.717, 1.165) is 0 Å². The molecule has 0 bridgehead atoms. The van der Waals surface area contributed by atoms with Crippen LogP contribution in [0.3, 0.4) is 0 Å². The zero-order valence-corrected chi connectivity index (χ0v) is 11.9. The lowest BCUT2D eigenvalue weighted by atomic mass is 9.90. The summed E-state index contributed by atoms with van der Waals surface area (Å²) in [5.41, 5.74) is 5.53. The first kappa shape index (κ1) is 17.0. The molecule has 6 nitrogen and oxygen atoms in total. The van der Waals surface area contributed by atoms with Gasteiger partial charge in [-0.1, -0.05) is 0 Å². The van der Waals surface area contributed by atoms with Crippen LogP contribution >= 0.6 is 0 Å². The molecule has 0 fully saturated rings. The topological polar surface area (TPSA) is 94.2 Å². The highest BCUT2D eigenvalue weighted by atomic mass is 28.4. The van der Waals surface area contributed by atoms with Crippen molar-refractivity contribution in [2.45, 2.75) is 30.8 Å². The van der Waals surface area contributed by atoms with Crippen LogP contribution in [0, 0.1) is 0 Å². The Morgan fingerprint density at radius 1 is 0.941 bits per heavy atom. The molecule has 104 valence electrons. The molecule has 0 spiro atoms. The highest BCUT2D eigenvalue weighted by molar-refractivity contribution is 6.60. The van der Waals surface area contributed by atoms with Gasteiger partial charge in [-0.3, -0.25) is 0 Å². The summed E-state index contributed by atoms with van der Waals surface area (Å²) in [7, 11) is 2.02. The van der Waals surface area contributed by atoms with E-state index < -0.39 is 14.3 Å². The zero-order valence-electron chi connectivity index (χ0n) is 10.9. The molecular formula is C10H25NO5Si. The molecule has 0 saturated carbocycles. The first-order chi connectivity index (χ1) is 8.01. The van der Waals surface area contributed by atoms with Gasteiger partial charge < -0.3 is 29.2 Å². The summed E-state index contributed by atoms with van der Waals surface area (Å²) >= 11 is 0. The summed E-state index contributed by atoms with van der Waals surface area (Å²) < 4.78 is 15.9. The maximum absolute atomic E-state index is 8.99. The van der Waals surface area contributed by atoms with Crippen molar-refractivity contribution in [2.24, 2.45) is 5.73 Å². The van der Waals surface area contributed by atoms with Gasteiger partial charge in [0.15, 0.2) is 0 Å². The Bertz CT molecular complexity index is 187. The van der Waals surface area contributed by atoms with E-state index in [4.69, 9.17) is 29.2 Å². The summed E-state index contributed by atoms with van der Waals surface area (Å²) in [5.74, 6) is 0. The molecule has 0 aliphatic rings. The van der Waals surface area contributed by atoms with Gasteiger partial charge in [0, 0.05) is 46.1 Å². The SMILES string of the molecule is CO[Si](CCC(N)(CCO)CCO)(OC)OC. The van der Waals surface area contributed by atoms with Crippen LogP contribution < -0.4 is 5.73 Å². The second kappa shape index (κ2) is 8.14. The quantitative estimate of drug-likeness (QED) is 0.471. The largest absolute Gasteiger partial charge is 0.500 e. The third-order valence-corrected chi connectivity index (χ3v) is 5.81. The molecule has 0 aromatic rings. The Kier molecular flexibility index (Phi) is 8.13. The van der Waals surface area contributed by atoms with E-state index in [1.165, 1.54) is 0 Å². The second-order valence-corrected chi connectivity index (χ2v) is 7.20. The van der Waals surface area contributed by atoms with Crippen LogP contribution in [0.15, 0.2) is 0 Å². The van der Waals surface area contributed by atoms with E-state index in [1.54, 1.807) is 21.3 Å². The van der Waals surface area contributed by atoms with Crippen LogP contribution in [0.4, 0.5) is 0 Å². The molecule has 0 radical (unpaired) electrons. The van der Waals surface area contributed by atoms with E-state index in [1.807, 2.05) is 0 Å². The summed E-state index contributed by atoms with van der Waals surface area (Å²) in [5, 5.41) is 18.0. The van der Waals surface area contributed by atoms with Crippen molar-refractivity contribution in [1.29, 1.82) is 0 Å². The van der Waals surface area contributed by atoms with Crippen molar-refractivity contribution >= 4 is 8.80 Å². The van der Waals surface area contributed by atoms with Crippen molar-refractivity contribution in [3.05, 3.63) is 0 Å². The number of aliphatic hydroxyl groups excluding tert-OH is 2. The van der Waals surface area contributed by atoms with Gasteiger partial charge in [-0.25, -0.2) is 0 Å². The fraction of sp³-hybridized carbons (Fsp3) is 1.00. The van der Waals surface area contributed by atoms with Crippen LogP contribution in [0.2, 0.25) is 6.04 Å². The minimum atomic E-state index is -2.63. The number of hydrogen-bond donors (Lipinski definition) is 3. The monoisotopic (exact) mass is 267 g/mol. The Morgan fingerprint density at radius 3 is 1.65 bits per heavy atom. The van der Waals surface area contributed by atoms with Crippen molar-refractivity contribution in [3.8, 4) is 0 Å². The van der Waals surface area contributed by atoms with Gasteiger partial charge in [-0.05, 0) is 19.3 Å². The molecule has 0 aromatic carbocycles. The standard InChI is InChI=1S/C10H25NO5Si/c1-14-17(15-2,16-3)9-6-10(11,4-7-12)5-8-13/h12-13H,4-9,11H2,1-3H3. The van der Waals surface area contributed by atoms with Gasteiger partial charge >= 0.3 is 8.80 Å². The third-order valence-electron chi connectivity index (χ3n) is 3.08. The number of hydrogen-bond acceptors (Lipinski definition) is 6. The number of nitrogens with two attached hydrogens (primary N) is 1. The number of rotatable bonds is 10. The van der Waals surface area contributed by atoms with Crippen molar-refractivity contribution in [3.63, 3.8) is 0 Å². The first-order valence-corrected chi connectivity index (χ1v) is 7.60. The lowest BCUT2D eigenvalue weighted by Crippen LogP contribution is -2.48.